The Morgan fingerprint density at radius 2 is 1.22 bits per heavy atom. The van der Waals surface area contributed by atoms with Crippen molar-refractivity contribution in [1.82, 2.24) is 0 Å². The molecule has 310 valence electrons. The van der Waals surface area contributed by atoms with E-state index in [0.717, 1.165) is 36.3 Å². The fourth-order valence-electron chi connectivity index (χ4n) is 15.1. The molecule has 0 radical (unpaired) electrons. The summed E-state index contributed by atoms with van der Waals surface area (Å²) < 4.78 is 0. The number of fused-ring (bicyclic) bond motifs is 6. The predicted octanol–water partition coefficient (Wildman–Crippen LogP) is 16.4. The fraction of sp³-hybridized carbons (Fsp3) is 0.238. The summed E-state index contributed by atoms with van der Waals surface area (Å²) in [6.07, 6.45) is 12.0. The van der Waals surface area contributed by atoms with Crippen LogP contribution >= 0.6 is 0 Å². The number of anilines is 3. The third-order valence-corrected chi connectivity index (χ3v) is 17.8. The van der Waals surface area contributed by atoms with E-state index in [1.54, 1.807) is 5.56 Å². The number of benzene rings is 8. The first-order valence-electron chi connectivity index (χ1n) is 24.1. The van der Waals surface area contributed by atoms with Crippen molar-refractivity contribution in [3.8, 4) is 33.4 Å². The maximum atomic E-state index is 2.53. The molecule has 8 aromatic carbocycles. The Hall–Kier alpha value is -6.44. The lowest BCUT2D eigenvalue weighted by Crippen LogP contribution is -2.68. The lowest BCUT2D eigenvalue weighted by Gasteiger charge is -2.73. The maximum absolute atomic E-state index is 2.53. The van der Waals surface area contributed by atoms with Crippen molar-refractivity contribution in [2.75, 3.05) is 4.90 Å². The van der Waals surface area contributed by atoms with Gasteiger partial charge in [-0.3, -0.25) is 0 Å². The third-order valence-electron chi connectivity index (χ3n) is 17.8. The Balaban J connectivity index is 0.934. The second-order valence-electron chi connectivity index (χ2n) is 20.9. The van der Waals surface area contributed by atoms with Gasteiger partial charge in [0.1, 0.15) is 0 Å². The first-order chi connectivity index (χ1) is 31.4. The van der Waals surface area contributed by atoms with Gasteiger partial charge in [-0.1, -0.05) is 159 Å². The van der Waals surface area contributed by atoms with Crippen LogP contribution in [0.25, 0.3) is 49.7 Å². The number of rotatable bonds is 7. The van der Waals surface area contributed by atoms with Crippen LogP contribution in [-0.4, -0.2) is 0 Å². The van der Waals surface area contributed by atoms with Crippen LogP contribution in [0.4, 0.5) is 17.1 Å². The molecule has 4 fully saturated rings. The molecular formula is C63H53N. The van der Waals surface area contributed by atoms with Crippen molar-refractivity contribution in [2.24, 2.45) is 23.2 Å². The van der Waals surface area contributed by atoms with Crippen LogP contribution in [0.2, 0.25) is 0 Å². The molecule has 4 saturated carbocycles. The first kappa shape index (κ1) is 37.0. The van der Waals surface area contributed by atoms with Gasteiger partial charge in [-0.15, -0.1) is 0 Å². The summed E-state index contributed by atoms with van der Waals surface area (Å²) in [5.74, 6) is 2.95. The van der Waals surface area contributed by atoms with Crippen LogP contribution in [0.15, 0.2) is 182 Å². The van der Waals surface area contributed by atoms with Crippen molar-refractivity contribution in [3.05, 3.63) is 215 Å². The second-order valence-corrected chi connectivity index (χ2v) is 20.9. The molecule has 5 atom stereocenters. The van der Waals surface area contributed by atoms with Crippen LogP contribution in [-0.2, 0) is 17.3 Å². The number of hydrogen-bond acceptors (Lipinski definition) is 1. The zero-order chi connectivity index (χ0) is 42.4. The quantitative estimate of drug-likeness (QED) is 0.155. The fourth-order valence-corrected chi connectivity index (χ4v) is 15.1. The molecule has 1 spiro atoms. The Morgan fingerprint density at radius 3 is 2.08 bits per heavy atom. The minimum Gasteiger partial charge on any atom is -0.310 e. The van der Waals surface area contributed by atoms with Gasteiger partial charge >= 0.3 is 0 Å². The van der Waals surface area contributed by atoms with Crippen LogP contribution in [0.3, 0.4) is 0 Å². The van der Waals surface area contributed by atoms with E-state index in [4.69, 9.17) is 0 Å². The molecule has 6 aliphatic carbocycles. The Morgan fingerprint density at radius 1 is 0.500 bits per heavy atom. The molecule has 8 aromatic rings. The van der Waals surface area contributed by atoms with Crippen molar-refractivity contribution in [1.29, 1.82) is 0 Å². The summed E-state index contributed by atoms with van der Waals surface area (Å²) in [5, 5.41) is 2.53. The van der Waals surface area contributed by atoms with E-state index in [1.165, 1.54) is 121 Å². The van der Waals surface area contributed by atoms with E-state index in [0.29, 0.717) is 10.8 Å². The lowest BCUT2D eigenvalue weighted by molar-refractivity contribution is -0.198. The van der Waals surface area contributed by atoms with Gasteiger partial charge in [0, 0.05) is 27.8 Å². The van der Waals surface area contributed by atoms with Crippen LogP contribution in [0, 0.1) is 23.2 Å². The average Bonchev–Trinajstić information content (AvgIpc) is 3.93. The molecule has 0 aliphatic heterocycles. The summed E-state index contributed by atoms with van der Waals surface area (Å²) in [5.41, 5.74) is 22.0. The van der Waals surface area contributed by atoms with E-state index in [-0.39, 0.29) is 5.41 Å². The molecule has 5 unspecified atom stereocenters. The molecule has 1 heteroatoms. The second kappa shape index (κ2) is 13.3. The van der Waals surface area contributed by atoms with E-state index >= 15 is 0 Å². The standard InChI is InChI=1S/C63H53N/c1-61(2)58-20-8-7-17-55(58)56-31-30-50(36-59(56)61)64(49-28-23-44(24-29-49)52-18-9-13-42-11-3-5-15-51(42)52)60-32-25-45(34-57(60)54-19-10-14-43-12-4-6-16-53(43)54)41-21-26-46(27-22-41)62-37-40-33-47-35-48(39-62)63(47,62)38-40/h3-8,10-12,14-32,34,36,40,47-48H,9,13,33,35,37-39H2,1-2H3. The Labute approximate surface area is 378 Å². The SMILES string of the molecule is CC1(C)c2ccccc2-c2ccc(N(c3ccc(C4=CCCc5ccccc54)cc3)c3ccc(-c4ccc(C56CC7CC8CC(C5)C86C7)cc4)cc3-c3cccc4ccccc34)cc21. The molecule has 2 bridgehead atoms. The largest absolute Gasteiger partial charge is 0.310 e. The van der Waals surface area contributed by atoms with Crippen molar-refractivity contribution < 1.29 is 0 Å². The highest BCUT2D eigenvalue weighted by atomic mass is 15.1. The molecule has 14 rings (SSSR count). The molecular weight excluding hydrogens is 771 g/mol. The lowest BCUT2D eigenvalue weighted by atomic mass is 9.31. The number of aryl methyl sites for hydroxylation is 1. The van der Waals surface area contributed by atoms with Gasteiger partial charge in [-0.05, 0) is 182 Å². The average molecular weight is 824 g/mol. The van der Waals surface area contributed by atoms with Crippen molar-refractivity contribution in [2.45, 2.75) is 69.6 Å². The number of nitrogens with zero attached hydrogens (tertiary/aromatic N) is 1. The topological polar surface area (TPSA) is 3.24 Å². The Kier molecular flexibility index (Phi) is 7.69. The van der Waals surface area contributed by atoms with Gasteiger partial charge in [-0.2, -0.15) is 0 Å². The van der Waals surface area contributed by atoms with Gasteiger partial charge in [-0.25, -0.2) is 0 Å². The molecule has 0 saturated heterocycles. The minimum atomic E-state index is -0.121. The molecule has 1 nitrogen and oxygen atoms in total. The van der Waals surface area contributed by atoms with Crippen LogP contribution in [0.1, 0.15) is 85.8 Å². The maximum Gasteiger partial charge on any atom is 0.0540 e. The molecule has 0 heterocycles. The van der Waals surface area contributed by atoms with Gasteiger partial charge in [0.05, 0.1) is 5.69 Å². The number of hydrogen-bond donors (Lipinski definition) is 0. The predicted molar refractivity (Wildman–Crippen MR) is 267 cm³/mol. The molecule has 0 aromatic heterocycles. The molecule has 6 aliphatic rings. The van der Waals surface area contributed by atoms with E-state index < -0.39 is 0 Å². The first-order valence-corrected chi connectivity index (χ1v) is 24.1. The van der Waals surface area contributed by atoms with Crippen LogP contribution in [0.5, 0.6) is 0 Å². The normalized spacial score (nSPS) is 24.8. The number of allylic oxidation sites excluding steroid dienone is 1. The summed E-state index contributed by atoms with van der Waals surface area (Å²) in [4.78, 5) is 2.53. The van der Waals surface area contributed by atoms with E-state index in [2.05, 4.69) is 201 Å². The van der Waals surface area contributed by atoms with Gasteiger partial charge < -0.3 is 4.90 Å². The van der Waals surface area contributed by atoms with Crippen molar-refractivity contribution >= 4 is 33.4 Å². The molecule has 0 amide bonds. The molecule has 0 N–H and O–H groups in total. The zero-order valence-corrected chi connectivity index (χ0v) is 36.9. The van der Waals surface area contributed by atoms with Crippen molar-refractivity contribution in [3.63, 3.8) is 0 Å². The summed E-state index contributed by atoms with van der Waals surface area (Å²) in [7, 11) is 0. The molecule has 64 heavy (non-hydrogen) atoms. The highest BCUT2D eigenvalue weighted by Crippen LogP contribution is 2.86. The zero-order valence-electron chi connectivity index (χ0n) is 36.9. The smallest absolute Gasteiger partial charge is 0.0540 e. The highest BCUT2D eigenvalue weighted by Gasteiger charge is 2.80. The van der Waals surface area contributed by atoms with E-state index in [9.17, 15) is 0 Å². The highest BCUT2D eigenvalue weighted by molar-refractivity contribution is 6.02. The summed E-state index contributed by atoms with van der Waals surface area (Å²) in [6.45, 7) is 4.78. The summed E-state index contributed by atoms with van der Waals surface area (Å²) >= 11 is 0. The van der Waals surface area contributed by atoms with Gasteiger partial charge in [0.15, 0.2) is 0 Å². The van der Waals surface area contributed by atoms with Gasteiger partial charge in [0.25, 0.3) is 0 Å². The third kappa shape index (κ3) is 4.96. The summed E-state index contributed by atoms with van der Waals surface area (Å²) in [6, 6.07) is 67.5. The van der Waals surface area contributed by atoms with Gasteiger partial charge in [0.2, 0.25) is 0 Å². The van der Waals surface area contributed by atoms with Crippen LogP contribution < -0.4 is 4.90 Å². The Bertz CT molecular complexity index is 3250. The minimum absolute atomic E-state index is 0.121. The monoisotopic (exact) mass is 823 g/mol. The van der Waals surface area contributed by atoms with E-state index in [1.807, 2.05) is 0 Å².